The van der Waals surface area contributed by atoms with Gasteiger partial charge in [-0.2, -0.15) is 18.3 Å². The molecule has 0 aliphatic heterocycles. The summed E-state index contributed by atoms with van der Waals surface area (Å²) in [5.74, 6) is -0.0416. The Bertz CT molecular complexity index is 675. The second kappa shape index (κ2) is 6.96. The van der Waals surface area contributed by atoms with Crippen LogP contribution in [0.25, 0.3) is 0 Å². The van der Waals surface area contributed by atoms with Gasteiger partial charge in [0.15, 0.2) is 5.69 Å². The number of hydrogen-bond donors (Lipinski definition) is 0. The minimum Gasteiger partial charge on any atom is -0.333 e. The highest BCUT2D eigenvalue weighted by atomic mass is 32.1. The zero-order valence-electron chi connectivity index (χ0n) is 13.0. The third-order valence-corrected chi connectivity index (χ3v) is 5.12. The molecule has 0 aromatic carbocycles. The van der Waals surface area contributed by atoms with Gasteiger partial charge < -0.3 is 4.90 Å². The monoisotopic (exact) mass is 357 g/mol. The van der Waals surface area contributed by atoms with Gasteiger partial charge in [-0.05, 0) is 30.4 Å². The summed E-state index contributed by atoms with van der Waals surface area (Å²) in [6.07, 6.45) is 0.931. The van der Waals surface area contributed by atoms with Crippen molar-refractivity contribution >= 4 is 17.2 Å². The fourth-order valence-corrected chi connectivity index (χ4v) is 3.73. The van der Waals surface area contributed by atoms with Crippen LogP contribution in [0.2, 0.25) is 0 Å². The Kier molecular flexibility index (Phi) is 4.93. The van der Waals surface area contributed by atoms with Gasteiger partial charge in [-0.1, -0.05) is 18.9 Å². The van der Waals surface area contributed by atoms with Crippen molar-refractivity contribution in [2.75, 3.05) is 6.54 Å². The molecule has 1 fully saturated rings. The maximum atomic E-state index is 12.7. The third kappa shape index (κ3) is 3.80. The molecule has 2 aromatic heterocycles. The van der Waals surface area contributed by atoms with Gasteiger partial charge in [-0.3, -0.25) is 9.48 Å². The normalized spacial score (nSPS) is 15.8. The lowest BCUT2D eigenvalue weighted by Gasteiger charge is -2.28. The molecule has 0 unspecified atom stereocenters. The molecule has 3 rings (SSSR count). The Balaban J connectivity index is 1.70. The maximum Gasteiger partial charge on any atom is 0.435 e. The van der Waals surface area contributed by atoms with E-state index >= 15 is 0 Å². The van der Waals surface area contributed by atoms with E-state index in [9.17, 15) is 18.0 Å². The number of rotatable bonds is 5. The molecule has 2 heterocycles. The van der Waals surface area contributed by atoms with E-state index in [4.69, 9.17) is 0 Å². The first-order chi connectivity index (χ1) is 11.4. The van der Waals surface area contributed by atoms with Crippen molar-refractivity contribution in [3.63, 3.8) is 0 Å². The summed E-state index contributed by atoms with van der Waals surface area (Å²) < 4.78 is 39.1. The summed E-state index contributed by atoms with van der Waals surface area (Å²) in [6, 6.07) is 4.73. The second-order valence-corrected chi connectivity index (χ2v) is 6.82. The third-order valence-electron chi connectivity index (χ3n) is 4.26. The van der Waals surface area contributed by atoms with Crippen LogP contribution < -0.4 is 0 Å². The van der Waals surface area contributed by atoms with Crippen LogP contribution >= 0.6 is 11.3 Å². The number of amides is 1. The number of halogens is 3. The lowest BCUT2D eigenvalue weighted by atomic mass is 10.2. The van der Waals surface area contributed by atoms with Crippen LogP contribution in [-0.4, -0.2) is 33.2 Å². The molecule has 0 saturated heterocycles. The van der Waals surface area contributed by atoms with Crippen LogP contribution in [0.4, 0.5) is 13.2 Å². The molecule has 1 amide bonds. The lowest BCUT2D eigenvalue weighted by Crippen LogP contribution is -2.40. The SMILES string of the molecule is O=C(c1cccs1)N(CCn1ccc(C(F)(F)F)n1)C1CCCC1. The van der Waals surface area contributed by atoms with Crippen molar-refractivity contribution in [1.29, 1.82) is 0 Å². The van der Waals surface area contributed by atoms with E-state index in [-0.39, 0.29) is 18.5 Å². The van der Waals surface area contributed by atoms with E-state index in [0.717, 1.165) is 31.7 Å². The minimum absolute atomic E-state index is 0.0416. The minimum atomic E-state index is -4.44. The fraction of sp³-hybridized carbons (Fsp3) is 0.500. The Morgan fingerprint density at radius 3 is 2.67 bits per heavy atom. The molecule has 2 aromatic rings. The van der Waals surface area contributed by atoms with Crippen LogP contribution in [0.15, 0.2) is 29.8 Å². The van der Waals surface area contributed by atoms with Gasteiger partial charge in [0.2, 0.25) is 0 Å². The summed E-state index contributed by atoms with van der Waals surface area (Å²) in [6.45, 7) is 0.615. The number of thiophene rings is 1. The van der Waals surface area contributed by atoms with Crippen molar-refractivity contribution in [2.24, 2.45) is 0 Å². The van der Waals surface area contributed by atoms with Gasteiger partial charge in [-0.15, -0.1) is 11.3 Å². The standard InChI is InChI=1S/C16H18F3N3OS/c17-16(18,19)14-7-8-21(20-14)9-10-22(12-4-1-2-5-12)15(23)13-6-3-11-24-13/h3,6-8,11-12H,1-2,4-5,9-10H2. The highest BCUT2D eigenvalue weighted by Crippen LogP contribution is 2.28. The Labute approximate surface area is 141 Å². The topological polar surface area (TPSA) is 38.1 Å². The van der Waals surface area contributed by atoms with Gasteiger partial charge in [0, 0.05) is 18.8 Å². The molecule has 24 heavy (non-hydrogen) atoms. The summed E-state index contributed by atoms with van der Waals surface area (Å²) in [5.41, 5.74) is -0.903. The number of carbonyl (C=O) groups excluding carboxylic acids is 1. The zero-order valence-corrected chi connectivity index (χ0v) is 13.8. The molecule has 0 spiro atoms. The predicted molar refractivity (Wildman–Crippen MR) is 84.8 cm³/mol. The van der Waals surface area contributed by atoms with E-state index in [1.165, 1.54) is 22.2 Å². The first-order valence-corrected chi connectivity index (χ1v) is 8.78. The van der Waals surface area contributed by atoms with Crippen LogP contribution in [-0.2, 0) is 12.7 Å². The molecule has 130 valence electrons. The molecule has 0 atom stereocenters. The average molecular weight is 357 g/mol. The van der Waals surface area contributed by atoms with Crippen LogP contribution in [0, 0.1) is 0 Å². The van der Waals surface area contributed by atoms with Crippen LogP contribution in [0.5, 0.6) is 0 Å². The van der Waals surface area contributed by atoms with Gasteiger partial charge >= 0.3 is 6.18 Å². The van der Waals surface area contributed by atoms with Crippen LogP contribution in [0.1, 0.15) is 41.0 Å². The predicted octanol–water partition coefficient (Wildman–Crippen LogP) is 4.05. The highest BCUT2D eigenvalue weighted by Gasteiger charge is 2.33. The van der Waals surface area contributed by atoms with Gasteiger partial charge in [0.25, 0.3) is 5.91 Å². The Hall–Kier alpha value is -1.83. The van der Waals surface area contributed by atoms with Crippen molar-refractivity contribution in [3.05, 3.63) is 40.3 Å². The van der Waals surface area contributed by atoms with E-state index in [0.29, 0.717) is 11.4 Å². The first kappa shape index (κ1) is 17.0. The average Bonchev–Trinajstić information content (AvgIpc) is 3.28. The maximum absolute atomic E-state index is 12.7. The Morgan fingerprint density at radius 1 is 1.33 bits per heavy atom. The molecular weight excluding hydrogens is 339 g/mol. The van der Waals surface area contributed by atoms with E-state index in [2.05, 4.69) is 5.10 Å². The molecule has 1 saturated carbocycles. The number of nitrogens with zero attached hydrogens (tertiary/aromatic N) is 3. The van der Waals surface area contributed by atoms with Crippen molar-refractivity contribution in [1.82, 2.24) is 14.7 Å². The smallest absolute Gasteiger partial charge is 0.333 e. The highest BCUT2D eigenvalue weighted by molar-refractivity contribution is 7.12. The van der Waals surface area contributed by atoms with Crippen molar-refractivity contribution in [2.45, 2.75) is 44.4 Å². The molecule has 1 aliphatic rings. The Morgan fingerprint density at radius 2 is 2.08 bits per heavy atom. The van der Waals surface area contributed by atoms with E-state index < -0.39 is 11.9 Å². The van der Waals surface area contributed by atoms with Gasteiger partial charge in [0.1, 0.15) is 0 Å². The van der Waals surface area contributed by atoms with E-state index in [1.54, 1.807) is 11.0 Å². The van der Waals surface area contributed by atoms with Crippen molar-refractivity contribution < 1.29 is 18.0 Å². The lowest BCUT2D eigenvalue weighted by molar-refractivity contribution is -0.141. The summed E-state index contributed by atoms with van der Waals surface area (Å²) in [5, 5.41) is 5.41. The molecule has 8 heteroatoms. The quantitative estimate of drug-likeness (QED) is 0.810. The molecule has 0 radical (unpaired) electrons. The molecule has 1 aliphatic carbocycles. The van der Waals surface area contributed by atoms with Crippen molar-refractivity contribution in [3.8, 4) is 0 Å². The summed E-state index contributed by atoms with van der Waals surface area (Å²) in [7, 11) is 0. The largest absolute Gasteiger partial charge is 0.435 e. The van der Waals surface area contributed by atoms with Gasteiger partial charge in [-0.25, -0.2) is 0 Å². The molecular formula is C16H18F3N3OS. The fourth-order valence-electron chi connectivity index (χ4n) is 3.06. The van der Waals surface area contributed by atoms with E-state index in [1.807, 2.05) is 11.4 Å². The number of hydrogen-bond acceptors (Lipinski definition) is 3. The number of carbonyl (C=O) groups is 1. The molecule has 0 bridgehead atoms. The van der Waals surface area contributed by atoms with Crippen LogP contribution in [0.3, 0.4) is 0 Å². The van der Waals surface area contributed by atoms with Gasteiger partial charge in [0.05, 0.1) is 11.4 Å². The molecule has 4 nitrogen and oxygen atoms in total. The first-order valence-electron chi connectivity index (χ1n) is 7.90. The second-order valence-electron chi connectivity index (χ2n) is 5.88. The summed E-state index contributed by atoms with van der Waals surface area (Å²) >= 11 is 1.38. The molecule has 0 N–H and O–H groups in total. The number of alkyl halides is 3. The summed E-state index contributed by atoms with van der Waals surface area (Å²) in [4.78, 5) is 15.2. The zero-order chi connectivity index (χ0) is 17.2. The number of aromatic nitrogens is 2.